The summed E-state index contributed by atoms with van der Waals surface area (Å²) in [6.45, 7) is 24.4. The molecule has 30 heavy (non-hydrogen) atoms. The molecule has 3 heteroatoms. The van der Waals surface area contributed by atoms with Gasteiger partial charge in [-0.2, -0.15) is 0 Å². The molecule has 0 unspecified atom stereocenters. The largest absolute Gasteiger partial charge is 0.288 e. The van der Waals surface area contributed by atoms with Crippen molar-refractivity contribution in [3.05, 3.63) is 64.5 Å². The van der Waals surface area contributed by atoms with Crippen LogP contribution in [0, 0.1) is 0 Å². The zero-order chi connectivity index (χ0) is 22.3. The number of pyridine rings is 1. The van der Waals surface area contributed by atoms with Gasteiger partial charge in [-0.05, 0) is 75.8 Å². The number of rotatable bonds is 0. The van der Waals surface area contributed by atoms with Crippen molar-refractivity contribution in [1.29, 1.82) is 0 Å². The van der Waals surface area contributed by atoms with Crippen LogP contribution in [-0.2, 0) is 31.6 Å². The van der Waals surface area contributed by atoms with Gasteiger partial charge in [0.15, 0.2) is 0 Å². The standard InChI is InChI=1S/C27H41N3/c1-25(2,3)22-14-20-13-21(15-22)17-30(27(7,8)9)19-24-12-10-11-23(28-24)18-29(16-20)26(4,5)6/h10-15H,16-19H2,1-9H3. The highest BCUT2D eigenvalue weighted by molar-refractivity contribution is 5.34. The van der Waals surface area contributed by atoms with Crippen molar-refractivity contribution in [1.82, 2.24) is 14.8 Å². The molecule has 1 aliphatic heterocycles. The van der Waals surface area contributed by atoms with Gasteiger partial charge in [0.25, 0.3) is 0 Å². The monoisotopic (exact) mass is 407 g/mol. The maximum atomic E-state index is 5.04. The van der Waals surface area contributed by atoms with Gasteiger partial charge in [-0.25, -0.2) is 0 Å². The molecule has 3 nitrogen and oxygen atoms in total. The third-order valence-electron chi connectivity index (χ3n) is 6.13. The van der Waals surface area contributed by atoms with Crippen LogP contribution in [0.15, 0.2) is 36.4 Å². The number of nitrogens with zero attached hydrogens (tertiary/aromatic N) is 3. The first-order valence-electron chi connectivity index (χ1n) is 11.3. The fourth-order valence-electron chi connectivity index (χ4n) is 3.98. The molecule has 0 aliphatic carbocycles. The van der Waals surface area contributed by atoms with Crippen LogP contribution < -0.4 is 0 Å². The van der Waals surface area contributed by atoms with Crippen molar-refractivity contribution in [2.45, 2.75) is 105 Å². The number of hydrogen-bond donors (Lipinski definition) is 0. The fourth-order valence-corrected chi connectivity index (χ4v) is 3.98. The maximum absolute atomic E-state index is 5.04. The smallest absolute Gasteiger partial charge is 0.0548 e. The SMILES string of the molecule is CC(C)(C)c1cc2cc(c1)CN(C(C)(C)C)Cc1cccc(n1)CN(C(C)(C)C)C2. The summed E-state index contributed by atoms with van der Waals surface area (Å²) in [5.74, 6) is 0. The Kier molecular flexibility index (Phi) is 6.19. The Hall–Kier alpha value is -1.71. The van der Waals surface area contributed by atoms with Gasteiger partial charge in [-0.15, -0.1) is 0 Å². The maximum Gasteiger partial charge on any atom is 0.0548 e. The molecule has 2 aromatic rings. The second kappa shape index (κ2) is 8.09. The number of benzene rings is 1. The van der Waals surface area contributed by atoms with Crippen LogP contribution in [0.2, 0.25) is 0 Å². The van der Waals surface area contributed by atoms with E-state index >= 15 is 0 Å². The van der Waals surface area contributed by atoms with Crippen molar-refractivity contribution in [3.63, 3.8) is 0 Å². The summed E-state index contributed by atoms with van der Waals surface area (Å²) in [5.41, 5.74) is 6.80. The van der Waals surface area contributed by atoms with Crippen LogP contribution in [0.5, 0.6) is 0 Å². The van der Waals surface area contributed by atoms with Crippen molar-refractivity contribution in [2.75, 3.05) is 0 Å². The summed E-state index contributed by atoms with van der Waals surface area (Å²) >= 11 is 0. The van der Waals surface area contributed by atoms with Crippen LogP contribution in [-0.4, -0.2) is 25.9 Å². The van der Waals surface area contributed by atoms with E-state index in [1.807, 2.05) is 0 Å². The molecule has 164 valence electrons. The van der Waals surface area contributed by atoms with E-state index in [9.17, 15) is 0 Å². The molecular weight excluding hydrogens is 366 g/mol. The lowest BCUT2D eigenvalue weighted by atomic mass is 9.84. The molecule has 0 amide bonds. The Balaban J connectivity index is 2.14. The second-order valence-corrected chi connectivity index (χ2v) is 12.0. The third-order valence-corrected chi connectivity index (χ3v) is 6.13. The Bertz CT molecular complexity index is 819. The van der Waals surface area contributed by atoms with E-state index in [1.165, 1.54) is 16.7 Å². The number of fused-ring (bicyclic) bond motifs is 4. The van der Waals surface area contributed by atoms with Crippen molar-refractivity contribution in [3.8, 4) is 0 Å². The highest BCUT2D eigenvalue weighted by Gasteiger charge is 2.27. The van der Waals surface area contributed by atoms with Gasteiger partial charge in [0.2, 0.25) is 0 Å². The first-order valence-corrected chi connectivity index (χ1v) is 11.3. The van der Waals surface area contributed by atoms with Gasteiger partial charge in [0.1, 0.15) is 0 Å². The molecule has 3 rings (SSSR count). The zero-order valence-electron chi connectivity index (χ0n) is 20.6. The van der Waals surface area contributed by atoms with Crippen LogP contribution >= 0.6 is 0 Å². The quantitative estimate of drug-likeness (QED) is 0.511. The topological polar surface area (TPSA) is 19.4 Å². The molecule has 0 saturated carbocycles. The summed E-state index contributed by atoms with van der Waals surface area (Å²) in [4.78, 5) is 10.1. The highest BCUT2D eigenvalue weighted by atomic mass is 15.2. The molecule has 0 atom stereocenters. The van der Waals surface area contributed by atoms with Gasteiger partial charge in [0, 0.05) is 37.3 Å². The molecule has 1 aliphatic rings. The Labute approximate surface area is 184 Å². The summed E-state index contributed by atoms with van der Waals surface area (Å²) in [7, 11) is 0. The van der Waals surface area contributed by atoms with Gasteiger partial charge >= 0.3 is 0 Å². The number of aromatic nitrogens is 1. The van der Waals surface area contributed by atoms with Gasteiger partial charge in [-0.1, -0.05) is 45.0 Å². The first-order chi connectivity index (χ1) is 13.7. The average Bonchev–Trinajstić information content (AvgIpc) is 2.58. The lowest BCUT2D eigenvalue weighted by Crippen LogP contribution is -2.42. The molecular formula is C27H41N3. The third kappa shape index (κ3) is 5.70. The summed E-state index contributed by atoms with van der Waals surface area (Å²) in [6, 6.07) is 13.8. The van der Waals surface area contributed by atoms with Gasteiger partial charge in [0.05, 0.1) is 11.4 Å². The van der Waals surface area contributed by atoms with Crippen LogP contribution in [0.3, 0.4) is 0 Å². The van der Waals surface area contributed by atoms with E-state index in [2.05, 4.69) is 109 Å². The van der Waals surface area contributed by atoms with E-state index in [0.717, 1.165) is 37.6 Å². The van der Waals surface area contributed by atoms with Crippen LogP contribution in [0.4, 0.5) is 0 Å². The van der Waals surface area contributed by atoms with Crippen molar-refractivity contribution >= 4 is 0 Å². The second-order valence-electron chi connectivity index (χ2n) is 12.0. The summed E-state index contributed by atoms with van der Waals surface area (Å²) in [5, 5.41) is 0. The molecule has 0 N–H and O–H groups in total. The molecule has 1 aromatic carbocycles. The van der Waals surface area contributed by atoms with Gasteiger partial charge < -0.3 is 0 Å². The minimum absolute atomic E-state index is 0.0666. The van der Waals surface area contributed by atoms with E-state index in [-0.39, 0.29) is 16.5 Å². The zero-order valence-corrected chi connectivity index (χ0v) is 20.6. The van der Waals surface area contributed by atoms with E-state index in [4.69, 9.17) is 4.98 Å². The highest BCUT2D eigenvalue weighted by Crippen LogP contribution is 2.29. The predicted octanol–water partition coefficient (Wildman–Crippen LogP) is 6.29. The molecule has 4 bridgehead atoms. The predicted molar refractivity (Wildman–Crippen MR) is 127 cm³/mol. The Morgan fingerprint density at radius 3 is 1.43 bits per heavy atom. The Morgan fingerprint density at radius 2 is 1.07 bits per heavy atom. The van der Waals surface area contributed by atoms with Crippen LogP contribution in [0.25, 0.3) is 0 Å². The molecule has 0 radical (unpaired) electrons. The molecule has 1 aromatic heterocycles. The first kappa shape index (κ1) is 23.0. The van der Waals surface area contributed by atoms with Gasteiger partial charge in [-0.3, -0.25) is 14.8 Å². The molecule has 2 heterocycles. The summed E-state index contributed by atoms with van der Waals surface area (Å²) in [6.07, 6.45) is 0. The van der Waals surface area contributed by atoms with Crippen LogP contribution in [0.1, 0.15) is 90.4 Å². The molecule has 0 saturated heterocycles. The minimum Gasteiger partial charge on any atom is -0.288 e. The van der Waals surface area contributed by atoms with Crippen molar-refractivity contribution < 1.29 is 0 Å². The van der Waals surface area contributed by atoms with Crippen molar-refractivity contribution in [2.24, 2.45) is 0 Å². The number of hydrogen-bond acceptors (Lipinski definition) is 3. The molecule has 0 fully saturated rings. The summed E-state index contributed by atoms with van der Waals surface area (Å²) < 4.78 is 0. The molecule has 0 spiro atoms. The van der Waals surface area contributed by atoms with E-state index in [0.29, 0.717) is 0 Å². The normalized spacial score (nSPS) is 17.4. The Morgan fingerprint density at radius 1 is 0.633 bits per heavy atom. The van der Waals surface area contributed by atoms with E-state index < -0.39 is 0 Å². The fraction of sp³-hybridized carbons (Fsp3) is 0.593. The van der Waals surface area contributed by atoms with E-state index in [1.54, 1.807) is 0 Å². The average molecular weight is 408 g/mol. The lowest BCUT2D eigenvalue weighted by Gasteiger charge is -2.38. The lowest BCUT2D eigenvalue weighted by molar-refractivity contribution is 0.110. The minimum atomic E-state index is 0.0666.